The molecule has 0 N–H and O–H groups in total. The van der Waals surface area contributed by atoms with Crippen molar-refractivity contribution in [1.29, 1.82) is 0 Å². The Kier molecular flexibility index (Phi) is 5.50. The van der Waals surface area contributed by atoms with Gasteiger partial charge in [-0.2, -0.15) is 0 Å². The normalized spacial score (nSPS) is 28.6. The summed E-state index contributed by atoms with van der Waals surface area (Å²) in [5.41, 5.74) is -1.82. The Labute approximate surface area is 163 Å². The summed E-state index contributed by atoms with van der Waals surface area (Å²) >= 11 is 0. The number of sulfone groups is 3. The average molecular weight is 443 g/mol. The molecule has 7 nitrogen and oxygen atoms in total. The van der Waals surface area contributed by atoms with E-state index in [2.05, 4.69) is 0 Å². The third-order valence-electron chi connectivity index (χ3n) is 6.73. The maximum absolute atomic E-state index is 13.3. The van der Waals surface area contributed by atoms with Gasteiger partial charge in [0.25, 0.3) is 3.91 Å². The van der Waals surface area contributed by atoms with Crippen LogP contribution in [0.2, 0.25) is 0 Å². The number of hydrogen-bond donors (Lipinski definition) is 0. The van der Waals surface area contributed by atoms with Crippen LogP contribution in [0.4, 0.5) is 0 Å². The second-order valence-corrected chi connectivity index (χ2v) is 17.2. The van der Waals surface area contributed by atoms with Crippen LogP contribution in [-0.2, 0) is 34.3 Å². The SMILES string of the molecule is CC(C)S(=O)(=O)C(S(=O)(=O)CC12CCC(CC1=O)C2(C)C)S(=O)(=O)C(C)C. The molecule has 0 saturated heterocycles. The molecule has 27 heavy (non-hydrogen) atoms. The lowest BCUT2D eigenvalue weighted by Gasteiger charge is -2.37. The van der Waals surface area contributed by atoms with Gasteiger partial charge in [-0.05, 0) is 51.9 Å². The second-order valence-electron chi connectivity index (χ2n) is 9.04. The van der Waals surface area contributed by atoms with E-state index >= 15 is 0 Å². The fourth-order valence-corrected chi connectivity index (χ4v) is 14.8. The fraction of sp³-hybridized carbons (Fsp3) is 0.941. The van der Waals surface area contributed by atoms with E-state index in [1.54, 1.807) is 0 Å². The van der Waals surface area contributed by atoms with Gasteiger partial charge in [0, 0.05) is 11.8 Å². The van der Waals surface area contributed by atoms with Gasteiger partial charge < -0.3 is 0 Å². The quantitative estimate of drug-likeness (QED) is 0.589. The maximum Gasteiger partial charge on any atom is 0.263 e. The van der Waals surface area contributed by atoms with Crippen molar-refractivity contribution in [3.8, 4) is 0 Å². The minimum atomic E-state index is -4.66. The molecule has 2 saturated carbocycles. The Morgan fingerprint density at radius 2 is 1.37 bits per heavy atom. The van der Waals surface area contributed by atoms with E-state index in [0.29, 0.717) is 12.8 Å². The van der Waals surface area contributed by atoms with Crippen molar-refractivity contribution in [2.75, 3.05) is 5.75 Å². The van der Waals surface area contributed by atoms with E-state index in [1.165, 1.54) is 27.7 Å². The molecular weight excluding hydrogens is 412 g/mol. The fourth-order valence-electron chi connectivity index (χ4n) is 4.56. The zero-order chi connectivity index (χ0) is 21.2. The first kappa shape index (κ1) is 22.8. The van der Waals surface area contributed by atoms with Gasteiger partial charge in [0.1, 0.15) is 5.78 Å². The molecule has 2 fully saturated rings. The second kappa shape index (κ2) is 6.52. The number of hydrogen-bond acceptors (Lipinski definition) is 7. The molecule has 2 bridgehead atoms. The van der Waals surface area contributed by atoms with Crippen LogP contribution < -0.4 is 0 Å². The summed E-state index contributed by atoms with van der Waals surface area (Å²) < 4.78 is 75.3. The molecule has 0 radical (unpaired) electrons. The highest BCUT2D eigenvalue weighted by Crippen LogP contribution is 2.64. The van der Waals surface area contributed by atoms with Gasteiger partial charge in [-0.1, -0.05) is 13.8 Å². The average Bonchev–Trinajstić information content (AvgIpc) is 2.79. The predicted octanol–water partition coefficient (Wildman–Crippen LogP) is 1.73. The molecule has 2 aliphatic carbocycles. The molecule has 2 rings (SSSR count). The first-order valence-corrected chi connectivity index (χ1v) is 14.1. The monoisotopic (exact) mass is 442 g/mol. The van der Waals surface area contributed by atoms with Crippen LogP contribution >= 0.6 is 0 Å². The Morgan fingerprint density at radius 1 is 0.926 bits per heavy atom. The van der Waals surface area contributed by atoms with Gasteiger partial charge in [-0.3, -0.25) is 4.79 Å². The van der Waals surface area contributed by atoms with Crippen molar-refractivity contribution in [3.63, 3.8) is 0 Å². The van der Waals surface area contributed by atoms with E-state index in [0.717, 1.165) is 0 Å². The largest absolute Gasteiger partial charge is 0.299 e. The predicted molar refractivity (Wildman–Crippen MR) is 104 cm³/mol. The third kappa shape index (κ3) is 3.19. The molecule has 158 valence electrons. The topological polar surface area (TPSA) is 119 Å². The first-order valence-electron chi connectivity index (χ1n) is 9.15. The van der Waals surface area contributed by atoms with Crippen molar-refractivity contribution >= 4 is 35.3 Å². The van der Waals surface area contributed by atoms with E-state index in [1.807, 2.05) is 13.8 Å². The molecule has 0 aromatic carbocycles. The molecule has 0 heterocycles. The van der Waals surface area contributed by atoms with Crippen LogP contribution in [0, 0.1) is 16.7 Å². The molecule has 0 aromatic rings. The zero-order valence-electron chi connectivity index (χ0n) is 16.7. The Morgan fingerprint density at radius 3 is 1.67 bits per heavy atom. The standard InChI is InChI=1S/C17H30O7S3/c1-11(2)26(21,22)15(27(23,24)12(3)4)25(19,20)10-17-8-7-13(9-14(17)18)16(17,5)6/h11-13,15H,7-10H2,1-6H3. The Bertz CT molecular complexity index is 902. The lowest BCUT2D eigenvalue weighted by Crippen LogP contribution is -2.50. The molecule has 0 aromatic heterocycles. The first-order chi connectivity index (χ1) is 11.9. The highest BCUT2D eigenvalue weighted by Gasteiger charge is 2.67. The van der Waals surface area contributed by atoms with E-state index in [-0.39, 0.29) is 18.1 Å². The van der Waals surface area contributed by atoms with E-state index in [9.17, 15) is 30.0 Å². The maximum atomic E-state index is 13.3. The van der Waals surface area contributed by atoms with Gasteiger partial charge in [-0.15, -0.1) is 0 Å². The number of carbonyl (C=O) groups excluding carboxylic acids is 1. The summed E-state index contributed by atoms with van der Waals surface area (Å²) in [5.74, 6) is -0.887. The van der Waals surface area contributed by atoms with Gasteiger partial charge in [0.05, 0.1) is 16.3 Å². The summed E-state index contributed by atoms with van der Waals surface area (Å²) in [6.07, 6.45) is 1.30. The zero-order valence-corrected chi connectivity index (χ0v) is 19.2. The van der Waals surface area contributed by atoms with Crippen LogP contribution in [0.5, 0.6) is 0 Å². The number of Topliss-reactive ketones (excluding diaryl/α,β-unsaturated/α-hetero) is 1. The van der Waals surface area contributed by atoms with Crippen LogP contribution in [0.15, 0.2) is 0 Å². The number of rotatable bonds is 7. The van der Waals surface area contributed by atoms with Crippen molar-refractivity contribution in [2.45, 2.75) is 75.2 Å². The van der Waals surface area contributed by atoms with Crippen LogP contribution in [-0.4, -0.2) is 51.2 Å². The van der Waals surface area contributed by atoms with E-state index < -0.39 is 60.5 Å². The van der Waals surface area contributed by atoms with Crippen LogP contribution in [0.3, 0.4) is 0 Å². The number of ketones is 1. The van der Waals surface area contributed by atoms with Gasteiger partial charge in [0.2, 0.25) is 0 Å². The minimum absolute atomic E-state index is 0.0436. The molecule has 0 amide bonds. The van der Waals surface area contributed by atoms with Gasteiger partial charge in [-0.25, -0.2) is 25.3 Å². The molecule has 2 aliphatic rings. The molecule has 10 heteroatoms. The Hall–Kier alpha value is -0.480. The summed E-state index contributed by atoms with van der Waals surface area (Å²) in [7, 11) is -13.7. The van der Waals surface area contributed by atoms with Crippen molar-refractivity contribution in [2.24, 2.45) is 16.7 Å². The van der Waals surface area contributed by atoms with Crippen molar-refractivity contribution in [1.82, 2.24) is 0 Å². The van der Waals surface area contributed by atoms with Gasteiger partial charge >= 0.3 is 0 Å². The molecule has 0 spiro atoms. The highest BCUT2D eigenvalue weighted by molar-refractivity contribution is 8.24. The van der Waals surface area contributed by atoms with Crippen molar-refractivity contribution < 1.29 is 30.0 Å². The summed E-state index contributed by atoms with van der Waals surface area (Å²) in [5, 5.41) is -2.35. The molecule has 2 unspecified atom stereocenters. The van der Waals surface area contributed by atoms with Crippen molar-refractivity contribution in [3.05, 3.63) is 0 Å². The smallest absolute Gasteiger partial charge is 0.263 e. The summed E-state index contributed by atoms with van der Waals surface area (Å²) in [6, 6.07) is 0. The highest BCUT2D eigenvalue weighted by atomic mass is 32.3. The molecule has 0 aliphatic heterocycles. The van der Waals surface area contributed by atoms with E-state index in [4.69, 9.17) is 0 Å². The van der Waals surface area contributed by atoms with Crippen LogP contribution in [0.25, 0.3) is 0 Å². The number of fused-ring (bicyclic) bond motifs is 2. The van der Waals surface area contributed by atoms with Gasteiger partial charge in [0.15, 0.2) is 29.5 Å². The van der Waals surface area contributed by atoms with Crippen LogP contribution in [0.1, 0.15) is 60.8 Å². The number of carbonyl (C=O) groups is 1. The molecule has 2 atom stereocenters. The Balaban J connectivity index is 2.65. The molecular formula is C17H30O7S3. The third-order valence-corrected chi connectivity index (χ3v) is 16.9. The summed E-state index contributed by atoms with van der Waals surface area (Å²) in [4.78, 5) is 12.7. The minimum Gasteiger partial charge on any atom is -0.299 e. The summed E-state index contributed by atoms with van der Waals surface area (Å²) in [6.45, 7) is 8.72. The lowest BCUT2D eigenvalue weighted by atomic mass is 9.70. The lowest BCUT2D eigenvalue weighted by molar-refractivity contribution is -0.128.